The monoisotopic (exact) mass is 380 g/mol. The van der Waals surface area contributed by atoms with Crippen molar-refractivity contribution in [3.63, 3.8) is 0 Å². The van der Waals surface area contributed by atoms with Gasteiger partial charge in [0.1, 0.15) is 0 Å². The van der Waals surface area contributed by atoms with Crippen LogP contribution in [0.15, 0.2) is 11.8 Å². The van der Waals surface area contributed by atoms with Crippen molar-refractivity contribution in [1.29, 1.82) is 0 Å². The van der Waals surface area contributed by atoms with Gasteiger partial charge in [-0.2, -0.15) is 0 Å². The highest BCUT2D eigenvalue weighted by Gasteiger charge is 2.40. The molecule has 0 aliphatic rings. The minimum atomic E-state index is -2.73. The molecule has 6 nitrogen and oxygen atoms in total. The molecular weight excluding hydrogens is 344 g/mol. The maximum absolute atomic E-state index is 5.86. The summed E-state index contributed by atoms with van der Waals surface area (Å²) in [7, 11) is -5.34. The zero-order valence-corrected chi connectivity index (χ0v) is 18.3. The Balaban J connectivity index is 4.90. The molecule has 0 aromatic heterocycles. The number of rotatable bonds is 16. The van der Waals surface area contributed by atoms with Crippen LogP contribution in [0.1, 0.15) is 48.0 Å². The van der Waals surface area contributed by atoms with Gasteiger partial charge in [-0.1, -0.05) is 6.08 Å². The van der Waals surface area contributed by atoms with Crippen LogP contribution in [0.25, 0.3) is 0 Å². The van der Waals surface area contributed by atoms with Gasteiger partial charge >= 0.3 is 17.6 Å². The first-order chi connectivity index (χ1) is 11.6. The van der Waals surface area contributed by atoms with E-state index in [9.17, 15) is 0 Å². The van der Waals surface area contributed by atoms with Crippen LogP contribution in [0.2, 0.25) is 6.04 Å². The van der Waals surface area contributed by atoms with Crippen molar-refractivity contribution in [2.75, 3.05) is 39.6 Å². The Morgan fingerprint density at radius 2 is 0.958 bits per heavy atom. The second-order valence-corrected chi connectivity index (χ2v) is 9.96. The van der Waals surface area contributed by atoms with Crippen molar-refractivity contribution < 1.29 is 26.6 Å². The lowest BCUT2D eigenvalue weighted by molar-refractivity contribution is 0.0713. The summed E-state index contributed by atoms with van der Waals surface area (Å²) in [5.74, 6) is 0. The molecule has 0 saturated carbocycles. The molecule has 8 heteroatoms. The Hall–Kier alpha value is -0.0662. The molecule has 0 aliphatic heterocycles. The fourth-order valence-electron chi connectivity index (χ4n) is 2.36. The molecule has 0 aliphatic carbocycles. The van der Waals surface area contributed by atoms with E-state index in [1.54, 1.807) is 0 Å². The molecule has 0 spiro atoms. The molecule has 24 heavy (non-hydrogen) atoms. The van der Waals surface area contributed by atoms with Gasteiger partial charge in [-0.3, -0.25) is 0 Å². The molecule has 0 amide bonds. The van der Waals surface area contributed by atoms with Crippen LogP contribution in [0.3, 0.4) is 0 Å². The smallest absolute Gasteiger partial charge is 0.374 e. The number of hydrogen-bond donors (Lipinski definition) is 0. The summed E-state index contributed by atoms with van der Waals surface area (Å²) in [5.41, 5.74) is 1.96. The summed E-state index contributed by atoms with van der Waals surface area (Å²) < 4.78 is 35.0. The van der Waals surface area contributed by atoms with Gasteiger partial charge in [0.15, 0.2) is 0 Å². The van der Waals surface area contributed by atoms with Crippen molar-refractivity contribution in [3.8, 4) is 0 Å². The highest BCUT2D eigenvalue weighted by molar-refractivity contribution is 6.66. The fraction of sp³-hybridized carbons (Fsp3) is 0.875. The molecule has 0 N–H and O–H groups in total. The Morgan fingerprint density at radius 1 is 0.583 bits per heavy atom. The number of hydrogen-bond acceptors (Lipinski definition) is 6. The topological polar surface area (TPSA) is 55.4 Å². The van der Waals surface area contributed by atoms with Gasteiger partial charge < -0.3 is 26.6 Å². The first-order valence-corrected chi connectivity index (χ1v) is 12.8. The number of allylic oxidation sites excluding steroid dienone is 1. The third kappa shape index (κ3) is 8.86. The van der Waals surface area contributed by atoms with Crippen molar-refractivity contribution in [2.45, 2.75) is 54.0 Å². The predicted molar refractivity (Wildman–Crippen MR) is 99.8 cm³/mol. The van der Waals surface area contributed by atoms with Crippen LogP contribution in [0, 0.1) is 0 Å². The minimum Gasteiger partial charge on any atom is -0.374 e. The largest absolute Gasteiger partial charge is 0.529 e. The van der Waals surface area contributed by atoms with E-state index < -0.39 is 17.6 Å². The van der Waals surface area contributed by atoms with Gasteiger partial charge in [-0.05, 0) is 53.7 Å². The van der Waals surface area contributed by atoms with Gasteiger partial charge in [-0.15, -0.1) is 0 Å². The van der Waals surface area contributed by atoms with Crippen LogP contribution in [-0.4, -0.2) is 57.3 Å². The second kappa shape index (κ2) is 14.1. The summed E-state index contributed by atoms with van der Waals surface area (Å²) >= 11 is 0. The summed E-state index contributed by atoms with van der Waals surface area (Å²) in [6, 6.07) is 0.730. The molecular formula is C16H36O6Si2. The molecule has 0 fully saturated rings. The molecule has 0 aromatic rings. The highest BCUT2D eigenvalue weighted by atomic mass is 28.4. The van der Waals surface area contributed by atoms with Crippen molar-refractivity contribution in [1.82, 2.24) is 0 Å². The van der Waals surface area contributed by atoms with Crippen LogP contribution in [-0.2, 0) is 26.6 Å². The second-order valence-electron chi connectivity index (χ2n) is 4.83. The Morgan fingerprint density at radius 3 is 1.29 bits per heavy atom. The van der Waals surface area contributed by atoms with E-state index in [0.717, 1.165) is 12.5 Å². The SMILES string of the molecule is CCO[Si](/C=C/CC[Si](OCC)(OCC)OCC)(OCC)OCC. The maximum atomic E-state index is 5.86. The Bertz CT molecular complexity index is 294. The molecule has 0 heterocycles. The molecule has 0 saturated heterocycles. The lowest BCUT2D eigenvalue weighted by atomic mass is 10.5. The van der Waals surface area contributed by atoms with Gasteiger partial charge in [0, 0.05) is 45.7 Å². The quantitative estimate of drug-likeness (QED) is 0.382. The third-order valence-corrected chi connectivity index (χ3v) is 8.87. The van der Waals surface area contributed by atoms with Crippen molar-refractivity contribution in [2.24, 2.45) is 0 Å². The molecule has 0 bridgehead atoms. The van der Waals surface area contributed by atoms with Crippen molar-refractivity contribution in [3.05, 3.63) is 11.8 Å². The fourth-order valence-corrected chi connectivity index (χ4v) is 7.09. The first-order valence-electron chi connectivity index (χ1n) is 9.08. The van der Waals surface area contributed by atoms with E-state index in [1.807, 2.05) is 53.3 Å². The average Bonchev–Trinajstić information content (AvgIpc) is 2.53. The van der Waals surface area contributed by atoms with Crippen LogP contribution < -0.4 is 0 Å². The molecule has 0 aromatic carbocycles. The minimum absolute atomic E-state index is 0.562. The highest BCUT2D eigenvalue weighted by Crippen LogP contribution is 2.20. The average molecular weight is 381 g/mol. The maximum Gasteiger partial charge on any atom is 0.529 e. The normalized spacial score (nSPS) is 13.1. The summed E-state index contributed by atoms with van der Waals surface area (Å²) in [6.45, 7) is 15.2. The van der Waals surface area contributed by atoms with Gasteiger partial charge in [-0.25, -0.2) is 0 Å². The summed E-state index contributed by atoms with van der Waals surface area (Å²) in [5, 5.41) is 0. The van der Waals surface area contributed by atoms with Crippen LogP contribution in [0.5, 0.6) is 0 Å². The molecule has 144 valence electrons. The molecule has 0 rings (SSSR count). The van der Waals surface area contributed by atoms with E-state index in [0.29, 0.717) is 39.6 Å². The van der Waals surface area contributed by atoms with E-state index >= 15 is 0 Å². The van der Waals surface area contributed by atoms with E-state index in [-0.39, 0.29) is 0 Å². The Labute approximate surface area is 150 Å². The zero-order chi connectivity index (χ0) is 18.3. The van der Waals surface area contributed by atoms with E-state index in [2.05, 4.69) is 0 Å². The summed E-state index contributed by atoms with van der Waals surface area (Å²) in [6.07, 6.45) is 2.82. The molecule has 0 atom stereocenters. The summed E-state index contributed by atoms with van der Waals surface area (Å²) in [4.78, 5) is 0. The Kier molecular flexibility index (Phi) is 14.1. The lowest BCUT2D eigenvalue weighted by Gasteiger charge is -2.28. The molecule has 0 unspecified atom stereocenters. The first kappa shape index (κ1) is 23.9. The predicted octanol–water partition coefficient (Wildman–Crippen LogP) is 3.57. The zero-order valence-electron chi connectivity index (χ0n) is 16.3. The van der Waals surface area contributed by atoms with E-state index in [4.69, 9.17) is 26.6 Å². The molecule has 0 radical (unpaired) electrons. The lowest BCUT2D eigenvalue weighted by Crippen LogP contribution is -2.46. The standard InChI is InChI=1S/C16H36O6Si2/c1-7-17-23(18-8-2,19-9-3)15-13-14-16-24(20-10-4,21-11-5)22-12-6/h13,15H,7-12,14,16H2,1-6H3/b15-13+. The van der Waals surface area contributed by atoms with Crippen LogP contribution in [0.4, 0.5) is 0 Å². The van der Waals surface area contributed by atoms with Crippen molar-refractivity contribution >= 4 is 17.6 Å². The third-order valence-electron chi connectivity index (χ3n) is 3.07. The van der Waals surface area contributed by atoms with Gasteiger partial charge in [0.05, 0.1) is 0 Å². The van der Waals surface area contributed by atoms with Crippen LogP contribution >= 0.6 is 0 Å². The van der Waals surface area contributed by atoms with Gasteiger partial charge in [0.25, 0.3) is 0 Å². The van der Waals surface area contributed by atoms with Gasteiger partial charge in [0.2, 0.25) is 0 Å². The van der Waals surface area contributed by atoms with E-state index in [1.165, 1.54) is 0 Å².